The van der Waals surface area contributed by atoms with Gasteiger partial charge in [0.1, 0.15) is 5.60 Å². The fourth-order valence-electron chi connectivity index (χ4n) is 2.54. The smallest absolute Gasteiger partial charge is 0.410 e. The molecule has 0 radical (unpaired) electrons. The molecule has 1 aromatic rings. The summed E-state index contributed by atoms with van der Waals surface area (Å²) >= 11 is 1.32. The van der Waals surface area contributed by atoms with E-state index < -0.39 is 10.5 Å². The third-order valence-electron chi connectivity index (χ3n) is 3.62. The zero-order valence-electron chi connectivity index (χ0n) is 14.2. The Hall–Kier alpha value is -1.83. The van der Waals surface area contributed by atoms with E-state index in [9.17, 15) is 14.9 Å². The number of rotatable bonds is 4. The van der Waals surface area contributed by atoms with Gasteiger partial charge in [0.25, 0.3) is 0 Å². The summed E-state index contributed by atoms with van der Waals surface area (Å²) in [6.45, 7) is 6.19. The molecule has 0 spiro atoms. The van der Waals surface area contributed by atoms with Crippen LogP contribution in [0.25, 0.3) is 0 Å². The Kier molecular flexibility index (Phi) is 6.04. The van der Waals surface area contributed by atoms with E-state index in [0.717, 1.165) is 19.3 Å². The molecule has 1 aliphatic heterocycles. The summed E-state index contributed by atoms with van der Waals surface area (Å²) in [5, 5.41) is 11.5. The number of ether oxygens (including phenoxy) is 1. The number of aromatic nitrogens is 1. The second-order valence-corrected chi connectivity index (χ2v) is 7.73. The summed E-state index contributed by atoms with van der Waals surface area (Å²) in [6, 6.07) is 3.00. The van der Waals surface area contributed by atoms with E-state index in [-0.39, 0.29) is 17.8 Å². The number of amides is 1. The molecule has 0 unspecified atom stereocenters. The average Bonchev–Trinajstić information content (AvgIpc) is 2.51. The topological polar surface area (TPSA) is 85.6 Å². The lowest BCUT2D eigenvalue weighted by Gasteiger charge is -2.36. The van der Waals surface area contributed by atoms with Crippen LogP contribution in [0.3, 0.4) is 0 Å². The van der Waals surface area contributed by atoms with Crippen LogP contribution in [-0.2, 0) is 4.74 Å². The number of hydrogen-bond donors (Lipinski definition) is 0. The number of nitro groups is 1. The van der Waals surface area contributed by atoms with Crippen molar-refractivity contribution < 1.29 is 14.5 Å². The molecule has 1 atom stereocenters. The number of carbonyl (C=O) groups is 1. The molecule has 1 aromatic heterocycles. The van der Waals surface area contributed by atoms with Crippen molar-refractivity contribution in [1.29, 1.82) is 0 Å². The van der Waals surface area contributed by atoms with E-state index in [1.807, 2.05) is 20.8 Å². The Labute approximate surface area is 145 Å². The maximum Gasteiger partial charge on any atom is 0.410 e. The number of thioether (sulfide) groups is 1. The quantitative estimate of drug-likeness (QED) is 0.464. The number of nitrogens with zero attached hydrogens (tertiary/aromatic N) is 3. The maximum atomic E-state index is 12.4. The van der Waals surface area contributed by atoms with Gasteiger partial charge in [0.15, 0.2) is 5.03 Å². The highest BCUT2D eigenvalue weighted by Crippen LogP contribution is 2.30. The molecular formula is C16H23N3O4S. The lowest BCUT2D eigenvalue weighted by Crippen LogP contribution is -2.47. The van der Waals surface area contributed by atoms with Crippen LogP contribution in [0.2, 0.25) is 0 Å². The van der Waals surface area contributed by atoms with Crippen molar-refractivity contribution in [3.63, 3.8) is 0 Å². The normalized spacial score (nSPS) is 18.3. The van der Waals surface area contributed by atoms with Crippen molar-refractivity contribution in [2.24, 2.45) is 0 Å². The standard InChI is InChI=1S/C16H23N3O4S/c1-16(2,3)23-15(20)18-10-5-4-7-12(18)11-24-14-13(19(21)22)8-6-9-17-14/h6,8-9,12H,4-5,7,10-11H2,1-3H3/t12-/m0/s1. The number of hydrogen-bond acceptors (Lipinski definition) is 6. The van der Waals surface area contributed by atoms with Crippen LogP contribution < -0.4 is 0 Å². The second-order valence-electron chi connectivity index (χ2n) is 6.72. The van der Waals surface area contributed by atoms with E-state index in [1.54, 1.807) is 17.2 Å². The van der Waals surface area contributed by atoms with Gasteiger partial charge in [-0.15, -0.1) is 0 Å². The van der Waals surface area contributed by atoms with Crippen LogP contribution in [0.15, 0.2) is 23.4 Å². The van der Waals surface area contributed by atoms with Crippen LogP contribution in [0.5, 0.6) is 0 Å². The summed E-state index contributed by atoms with van der Waals surface area (Å²) in [7, 11) is 0. The number of piperidine rings is 1. The summed E-state index contributed by atoms with van der Waals surface area (Å²) in [5.74, 6) is 0.567. The summed E-state index contributed by atoms with van der Waals surface area (Å²) in [4.78, 5) is 28.9. The van der Waals surface area contributed by atoms with Crippen molar-refractivity contribution in [3.8, 4) is 0 Å². The molecular weight excluding hydrogens is 330 g/mol. The molecule has 1 amide bonds. The molecule has 0 aliphatic carbocycles. The van der Waals surface area contributed by atoms with Crippen LogP contribution in [0, 0.1) is 10.1 Å². The molecule has 1 saturated heterocycles. The van der Waals surface area contributed by atoms with Gasteiger partial charge in [-0.05, 0) is 46.1 Å². The molecule has 0 aromatic carbocycles. The zero-order valence-corrected chi connectivity index (χ0v) is 15.0. The van der Waals surface area contributed by atoms with Crippen molar-refractivity contribution in [2.75, 3.05) is 12.3 Å². The molecule has 2 rings (SSSR count). The summed E-state index contributed by atoms with van der Waals surface area (Å²) < 4.78 is 5.48. The minimum Gasteiger partial charge on any atom is -0.444 e. The largest absolute Gasteiger partial charge is 0.444 e. The van der Waals surface area contributed by atoms with E-state index in [0.29, 0.717) is 17.3 Å². The molecule has 1 fully saturated rings. The molecule has 0 bridgehead atoms. The molecule has 2 heterocycles. The highest BCUT2D eigenvalue weighted by Gasteiger charge is 2.31. The number of carbonyl (C=O) groups excluding carboxylic acids is 1. The molecule has 1 aliphatic rings. The van der Waals surface area contributed by atoms with Crippen molar-refractivity contribution in [3.05, 3.63) is 28.4 Å². The van der Waals surface area contributed by atoms with Crippen molar-refractivity contribution >= 4 is 23.5 Å². The van der Waals surface area contributed by atoms with Gasteiger partial charge in [-0.1, -0.05) is 11.8 Å². The third kappa shape index (κ3) is 5.09. The lowest BCUT2D eigenvalue weighted by molar-refractivity contribution is -0.388. The number of likely N-dealkylation sites (tertiary alicyclic amines) is 1. The zero-order chi connectivity index (χ0) is 17.7. The first-order chi connectivity index (χ1) is 11.3. The first-order valence-electron chi connectivity index (χ1n) is 8.00. The van der Waals surface area contributed by atoms with Gasteiger partial charge in [-0.3, -0.25) is 10.1 Å². The van der Waals surface area contributed by atoms with E-state index in [2.05, 4.69) is 4.98 Å². The first-order valence-corrected chi connectivity index (χ1v) is 8.98. The fourth-order valence-corrected chi connectivity index (χ4v) is 3.67. The molecule has 24 heavy (non-hydrogen) atoms. The van der Waals surface area contributed by atoms with Crippen LogP contribution in [-0.4, -0.2) is 44.8 Å². The Morgan fingerprint density at radius 1 is 1.50 bits per heavy atom. The minimum absolute atomic E-state index is 0.000195. The van der Waals surface area contributed by atoms with Crippen LogP contribution in [0.4, 0.5) is 10.5 Å². The average molecular weight is 353 g/mol. The van der Waals surface area contributed by atoms with Crippen LogP contribution >= 0.6 is 11.8 Å². The Morgan fingerprint density at radius 2 is 2.25 bits per heavy atom. The fraction of sp³-hybridized carbons (Fsp3) is 0.625. The van der Waals surface area contributed by atoms with Crippen molar-refractivity contribution in [2.45, 2.75) is 56.7 Å². The molecule has 0 N–H and O–H groups in total. The van der Waals surface area contributed by atoms with Gasteiger partial charge < -0.3 is 9.64 Å². The maximum absolute atomic E-state index is 12.4. The summed E-state index contributed by atoms with van der Waals surface area (Å²) in [5.41, 5.74) is -0.534. The third-order valence-corrected chi connectivity index (χ3v) is 4.75. The van der Waals surface area contributed by atoms with Gasteiger partial charge in [0.2, 0.25) is 0 Å². The van der Waals surface area contributed by atoms with Gasteiger partial charge in [0.05, 0.1) is 4.92 Å². The van der Waals surface area contributed by atoms with E-state index in [4.69, 9.17) is 4.74 Å². The van der Waals surface area contributed by atoms with Crippen molar-refractivity contribution in [1.82, 2.24) is 9.88 Å². The predicted molar refractivity (Wildman–Crippen MR) is 92.2 cm³/mol. The summed E-state index contributed by atoms with van der Waals surface area (Å²) in [6.07, 6.45) is 4.08. The van der Waals surface area contributed by atoms with E-state index >= 15 is 0 Å². The number of pyridine rings is 1. The van der Waals surface area contributed by atoms with Gasteiger partial charge in [-0.2, -0.15) is 0 Å². The highest BCUT2D eigenvalue weighted by atomic mass is 32.2. The monoisotopic (exact) mass is 353 g/mol. The molecule has 0 saturated carbocycles. The highest BCUT2D eigenvalue weighted by molar-refractivity contribution is 7.99. The predicted octanol–water partition coefficient (Wildman–Crippen LogP) is 3.87. The Bertz CT molecular complexity index is 603. The SMILES string of the molecule is CC(C)(C)OC(=O)N1CCCC[C@H]1CSc1ncccc1[N+](=O)[O-]. The molecule has 132 valence electrons. The van der Waals surface area contributed by atoms with Gasteiger partial charge >= 0.3 is 11.8 Å². The molecule has 8 heteroatoms. The lowest BCUT2D eigenvalue weighted by atomic mass is 10.0. The van der Waals surface area contributed by atoms with E-state index in [1.165, 1.54) is 17.8 Å². The Balaban J connectivity index is 2.04. The van der Waals surface area contributed by atoms with Gasteiger partial charge in [0, 0.05) is 30.6 Å². The Morgan fingerprint density at radius 3 is 2.92 bits per heavy atom. The van der Waals surface area contributed by atoms with Gasteiger partial charge in [-0.25, -0.2) is 9.78 Å². The first kappa shape index (κ1) is 18.5. The van der Waals surface area contributed by atoms with Crippen LogP contribution in [0.1, 0.15) is 40.0 Å². The second kappa shape index (κ2) is 7.83. The minimum atomic E-state index is -0.536. The molecule has 7 nitrogen and oxygen atoms in total.